The summed E-state index contributed by atoms with van der Waals surface area (Å²) in [7, 11) is 1.74. The van der Waals surface area contributed by atoms with Gasteiger partial charge in [-0.25, -0.2) is 4.99 Å². The summed E-state index contributed by atoms with van der Waals surface area (Å²) < 4.78 is 44.6. The summed E-state index contributed by atoms with van der Waals surface area (Å²) in [5, 5.41) is 0. The number of guanidine groups is 1. The van der Waals surface area contributed by atoms with Gasteiger partial charge in [0.1, 0.15) is 0 Å². The van der Waals surface area contributed by atoms with Crippen molar-refractivity contribution in [3.05, 3.63) is 64.5 Å². The van der Waals surface area contributed by atoms with E-state index in [1.807, 2.05) is 0 Å². The van der Waals surface area contributed by atoms with Crippen LogP contribution in [-0.4, -0.2) is 41.4 Å². The number of alkyl halides is 3. The molecule has 4 aliphatic rings. The second-order valence-electron chi connectivity index (χ2n) is 11.9. The Morgan fingerprint density at radius 3 is 2.54 bits per heavy atom. The zero-order valence-corrected chi connectivity index (χ0v) is 22.3. The predicted molar refractivity (Wildman–Crippen MR) is 141 cm³/mol. The first kappa shape index (κ1) is 26.3. The third-order valence-corrected chi connectivity index (χ3v) is 9.47. The third kappa shape index (κ3) is 4.62. The highest BCUT2D eigenvalue weighted by Gasteiger charge is 2.64. The van der Waals surface area contributed by atoms with Crippen LogP contribution in [0.5, 0.6) is 0 Å². The van der Waals surface area contributed by atoms with Crippen LogP contribution in [-0.2, 0) is 40.6 Å². The molecule has 2 fully saturated rings. The lowest BCUT2D eigenvalue weighted by atomic mass is 9.59. The number of nitrogens with two attached hydrogens (primary N) is 1. The molecule has 1 unspecified atom stereocenters. The van der Waals surface area contributed by atoms with Gasteiger partial charge in [-0.05, 0) is 79.7 Å². The van der Waals surface area contributed by atoms with E-state index in [4.69, 9.17) is 15.5 Å². The van der Waals surface area contributed by atoms with Gasteiger partial charge in [0.15, 0.2) is 17.3 Å². The average Bonchev–Trinajstić information content (AvgIpc) is 3.71. The SMILES string of the molecule is COC1CCC2(CC1)Cc1ccc(CCC3CC3)cc1C21N=C(N)N(Cc2ccc(C(F)(F)F)cn2)CC1=O. The molecular formula is C30H35F3N4O2. The Morgan fingerprint density at radius 1 is 1.13 bits per heavy atom. The molecule has 3 aliphatic carbocycles. The van der Waals surface area contributed by atoms with E-state index in [-0.39, 0.29) is 36.4 Å². The molecule has 2 spiro atoms. The highest BCUT2D eigenvalue weighted by molar-refractivity contribution is 6.01. The smallest absolute Gasteiger partial charge is 0.381 e. The molecule has 2 aromatic rings. The number of halogens is 3. The van der Waals surface area contributed by atoms with Gasteiger partial charge < -0.3 is 15.4 Å². The number of aromatic nitrogens is 1. The molecular weight excluding hydrogens is 505 g/mol. The van der Waals surface area contributed by atoms with Crippen LogP contribution in [0.25, 0.3) is 0 Å². The molecule has 0 saturated heterocycles. The molecule has 6 rings (SSSR count). The normalized spacial score (nSPS) is 28.7. The number of hydrogen-bond donors (Lipinski definition) is 1. The molecule has 1 aliphatic heterocycles. The Balaban J connectivity index is 1.35. The molecule has 0 radical (unpaired) electrons. The zero-order chi connectivity index (χ0) is 27.4. The number of carbonyl (C=O) groups excluding carboxylic acids is 1. The van der Waals surface area contributed by atoms with Gasteiger partial charge in [-0.15, -0.1) is 0 Å². The monoisotopic (exact) mass is 540 g/mol. The Kier molecular flexibility index (Phi) is 6.48. The highest BCUT2D eigenvalue weighted by atomic mass is 19.4. The largest absolute Gasteiger partial charge is 0.417 e. The van der Waals surface area contributed by atoms with Crippen LogP contribution in [0.2, 0.25) is 0 Å². The first-order valence-corrected chi connectivity index (χ1v) is 13.9. The number of pyridine rings is 1. The fourth-order valence-electron chi connectivity index (χ4n) is 7.06. The Bertz CT molecular complexity index is 1280. The molecule has 39 heavy (non-hydrogen) atoms. The van der Waals surface area contributed by atoms with Crippen molar-refractivity contribution >= 4 is 11.7 Å². The number of hydrogen-bond acceptors (Lipinski definition) is 6. The molecule has 208 valence electrons. The third-order valence-electron chi connectivity index (χ3n) is 9.47. The van der Waals surface area contributed by atoms with Gasteiger partial charge in [-0.2, -0.15) is 13.2 Å². The van der Waals surface area contributed by atoms with Crippen molar-refractivity contribution < 1.29 is 22.7 Å². The molecule has 0 bridgehead atoms. The molecule has 2 heterocycles. The number of ketones is 1. The van der Waals surface area contributed by atoms with Crippen LogP contribution in [0.15, 0.2) is 41.5 Å². The quantitative estimate of drug-likeness (QED) is 0.547. The van der Waals surface area contributed by atoms with E-state index in [2.05, 4.69) is 23.2 Å². The lowest BCUT2D eigenvalue weighted by molar-refractivity contribution is -0.137. The number of nitrogens with zero attached hydrogens (tertiary/aromatic N) is 3. The number of methoxy groups -OCH3 is 1. The summed E-state index contributed by atoms with van der Waals surface area (Å²) in [6.45, 7) is 0.154. The summed E-state index contributed by atoms with van der Waals surface area (Å²) in [5.74, 6) is 1.05. The summed E-state index contributed by atoms with van der Waals surface area (Å²) in [6, 6.07) is 8.93. The minimum atomic E-state index is -4.46. The van der Waals surface area contributed by atoms with E-state index >= 15 is 0 Å². The van der Waals surface area contributed by atoms with Crippen LogP contribution in [0.3, 0.4) is 0 Å². The second-order valence-corrected chi connectivity index (χ2v) is 11.9. The summed E-state index contributed by atoms with van der Waals surface area (Å²) in [5.41, 5.74) is 8.15. The van der Waals surface area contributed by atoms with Crippen LogP contribution < -0.4 is 5.73 Å². The van der Waals surface area contributed by atoms with Crippen molar-refractivity contribution in [1.82, 2.24) is 9.88 Å². The lowest BCUT2D eigenvalue weighted by Gasteiger charge is -2.49. The van der Waals surface area contributed by atoms with Gasteiger partial charge in [0.25, 0.3) is 0 Å². The zero-order valence-electron chi connectivity index (χ0n) is 22.3. The van der Waals surface area contributed by atoms with Crippen molar-refractivity contribution in [3.8, 4) is 0 Å². The van der Waals surface area contributed by atoms with Gasteiger partial charge in [0.2, 0.25) is 0 Å². The number of Topliss-reactive ketones (excluding diaryl/α,β-unsaturated/α-hetero) is 1. The van der Waals surface area contributed by atoms with Crippen molar-refractivity contribution in [3.63, 3.8) is 0 Å². The van der Waals surface area contributed by atoms with Crippen LogP contribution >= 0.6 is 0 Å². The molecule has 1 aromatic heterocycles. The predicted octanol–water partition coefficient (Wildman–Crippen LogP) is 5.17. The Hall–Kier alpha value is -2.94. The Labute approximate surface area is 226 Å². The number of ether oxygens (including phenoxy) is 1. The van der Waals surface area contributed by atoms with E-state index < -0.39 is 17.3 Å². The molecule has 6 nitrogen and oxygen atoms in total. The fraction of sp³-hybridized carbons (Fsp3) is 0.567. The van der Waals surface area contributed by atoms with E-state index in [9.17, 15) is 18.0 Å². The van der Waals surface area contributed by atoms with Crippen LogP contribution in [0, 0.1) is 11.3 Å². The van der Waals surface area contributed by atoms with Crippen molar-refractivity contribution in [2.75, 3.05) is 13.7 Å². The van der Waals surface area contributed by atoms with Gasteiger partial charge in [-0.3, -0.25) is 9.78 Å². The standard InChI is InChI=1S/C30H35F3N4O2/c1-39-24-10-12-28(13-11-24)15-21-7-6-20(5-4-19-2-3-19)14-25(21)29(28)26(38)18-37(27(34)36-29)17-23-9-8-22(16-35-23)30(31,32)33/h6-9,14,16,19,24H,2-5,10-13,15,17-18H2,1H3,(H2,34,36). The van der Waals surface area contributed by atoms with Gasteiger partial charge in [0, 0.05) is 18.7 Å². The Morgan fingerprint density at radius 2 is 1.90 bits per heavy atom. The van der Waals surface area contributed by atoms with Crippen molar-refractivity contribution in [1.29, 1.82) is 0 Å². The molecule has 1 aromatic carbocycles. The van der Waals surface area contributed by atoms with Crippen LogP contribution in [0.1, 0.15) is 72.9 Å². The summed E-state index contributed by atoms with van der Waals surface area (Å²) in [6.07, 6.45) is 5.46. The summed E-state index contributed by atoms with van der Waals surface area (Å²) in [4.78, 5) is 25.0. The molecule has 9 heteroatoms. The number of carbonyl (C=O) groups is 1. The maximum absolute atomic E-state index is 14.3. The number of aliphatic imine (C=N–C) groups is 1. The summed E-state index contributed by atoms with van der Waals surface area (Å²) >= 11 is 0. The fourth-order valence-corrected chi connectivity index (χ4v) is 7.06. The maximum atomic E-state index is 14.3. The molecule has 1 atom stereocenters. The number of benzene rings is 1. The van der Waals surface area contributed by atoms with Crippen LogP contribution in [0.4, 0.5) is 13.2 Å². The van der Waals surface area contributed by atoms with E-state index in [0.717, 1.165) is 62.3 Å². The average molecular weight is 541 g/mol. The number of rotatable bonds is 6. The second kappa shape index (κ2) is 9.61. The first-order valence-electron chi connectivity index (χ1n) is 13.9. The minimum Gasteiger partial charge on any atom is -0.381 e. The highest BCUT2D eigenvalue weighted by Crippen LogP contribution is 2.61. The van der Waals surface area contributed by atoms with Gasteiger partial charge in [0.05, 0.1) is 30.5 Å². The minimum absolute atomic E-state index is 0.00225. The van der Waals surface area contributed by atoms with Crippen molar-refractivity contribution in [2.24, 2.45) is 22.1 Å². The molecule has 2 saturated carbocycles. The van der Waals surface area contributed by atoms with Crippen molar-refractivity contribution in [2.45, 2.75) is 82.2 Å². The molecule has 0 amide bonds. The van der Waals surface area contributed by atoms with Gasteiger partial charge >= 0.3 is 6.18 Å². The number of aryl methyl sites for hydroxylation is 1. The molecule has 2 N–H and O–H groups in total. The van der Waals surface area contributed by atoms with E-state index in [1.165, 1.54) is 36.5 Å². The topological polar surface area (TPSA) is 80.8 Å². The first-order chi connectivity index (χ1) is 18.6. The van der Waals surface area contributed by atoms with E-state index in [1.54, 1.807) is 12.0 Å². The number of fused-ring (bicyclic) bond motifs is 3. The lowest BCUT2D eigenvalue weighted by Crippen LogP contribution is -2.59. The van der Waals surface area contributed by atoms with Gasteiger partial charge in [-0.1, -0.05) is 31.0 Å². The van der Waals surface area contributed by atoms with E-state index in [0.29, 0.717) is 5.69 Å². The maximum Gasteiger partial charge on any atom is 0.417 e.